The van der Waals surface area contributed by atoms with Crippen molar-refractivity contribution in [1.29, 1.82) is 0 Å². The number of nitrogens with one attached hydrogen (secondary N) is 1. The van der Waals surface area contributed by atoms with E-state index in [0.717, 1.165) is 17.7 Å². The minimum atomic E-state index is -0.287. The molecule has 1 aliphatic heterocycles. The second-order valence-corrected chi connectivity index (χ2v) is 6.85. The molecule has 1 aromatic heterocycles. The summed E-state index contributed by atoms with van der Waals surface area (Å²) < 4.78 is 16.3. The first kappa shape index (κ1) is 17.0. The molecule has 0 saturated heterocycles. The first-order valence-electron chi connectivity index (χ1n) is 9.11. The highest BCUT2D eigenvalue weighted by molar-refractivity contribution is 5.91. The van der Waals surface area contributed by atoms with E-state index in [-0.39, 0.29) is 29.7 Å². The molecule has 4 rings (SSSR count). The zero-order valence-corrected chi connectivity index (χ0v) is 14.7. The Bertz CT molecular complexity index is 793. The van der Waals surface area contributed by atoms with Crippen LogP contribution in [0.5, 0.6) is 11.7 Å². The SMILES string of the molecule is CCOc1ccc(C(=O)N[C@@H](c2ccc3c(c2)CCO3)C2CC(O)C2)o1. The minimum absolute atomic E-state index is 0.169. The molecule has 0 radical (unpaired) electrons. The molecular formula is C20H23NO5. The molecule has 1 aliphatic carbocycles. The van der Waals surface area contributed by atoms with Crippen LogP contribution >= 0.6 is 0 Å². The summed E-state index contributed by atoms with van der Waals surface area (Å²) in [6.07, 6.45) is 1.96. The average Bonchev–Trinajstić information content (AvgIpc) is 3.26. The lowest BCUT2D eigenvalue weighted by atomic mass is 9.75. The Morgan fingerprint density at radius 2 is 2.19 bits per heavy atom. The number of rotatable bonds is 6. The van der Waals surface area contributed by atoms with Gasteiger partial charge in [-0.2, -0.15) is 0 Å². The first-order chi connectivity index (χ1) is 12.6. The number of carbonyl (C=O) groups excluding carboxylic acids is 1. The third-order valence-corrected chi connectivity index (χ3v) is 5.07. The quantitative estimate of drug-likeness (QED) is 0.831. The third-order valence-electron chi connectivity index (χ3n) is 5.07. The number of aliphatic hydroxyl groups is 1. The Labute approximate surface area is 152 Å². The van der Waals surface area contributed by atoms with E-state index in [1.165, 1.54) is 5.56 Å². The Hall–Kier alpha value is -2.47. The van der Waals surface area contributed by atoms with Gasteiger partial charge in [0.15, 0.2) is 5.76 Å². The van der Waals surface area contributed by atoms with Crippen LogP contribution in [0.15, 0.2) is 34.7 Å². The third kappa shape index (κ3) is 3.29. The Morgan fingerprint density at radius 1 is 1.35 bits per heavy atom. The maximum Gasteiger partial charge on any atom is 0.287 e. The number of amides is 1. The van der Waals surface area contributed by atoms with Crippen molar-refractivity contribution in [2.75, 3.05) is 13.2 Å². The average molecular weight is 357 g/mol. The normalized spacial score (nSPS) is 22.1. The van der Waals surface area contributed by atoms with Crippen molar-refractivity contribution < 1.29 is 23.8 Å². The van der Waals surface area contributed by atoms with Crippen LogP contribution in [0.2, 0.25) is 0 Å². The summed E-state index contributed by atoms with van der Waals surface area (Å²) in [5, 5.41) is 12.8. The Morgan fingerprint density at radius 3 is 2.96 bits per heavy atom. The van der Waals surface area contributed by atoms with E-state index in [4.69, 9.17) is 13.9 Å². The molecule has 0 bridgehead atoms. The molecule has 2 aliphatic rings. The molecule has 26 heavy (non-hydrogen) atoms. The van der Waals surface area contributed by atoms with Gasteiger partial charge < -0.3 is 24.3 Å². The van der Waals surface area contributed by atoms with E-state index < -0.39 is 0 Å². The standard InChI is InChI=1S/C20H23NO5/c1-2-24-18-6-5-17(26-18)20(23)21-19(14-10-15(22)11-14)13-3-4-16-12(9-13)7-8-25-16/h3-6,9,14-15,19,22H,2,7-8,10-11H2,1H3,(H,21,23)/t14?,15?,19-/m0/s1. The Kier molecular flexibility index (Phi) is 4.59. The number of ether oxygens (including phenoxy) is 2. The summed E-state index contributed by atoms with van der Waals surface area (Å²) in [7, 11) is 0. The van der Waals surface area contributed by atoms with Gasteiger partial charge in [0.25, 0.3) is 11.9 Å². The molecule has 6 nitrogen and oxygen atoms in total. The lowest BCUT2D eigenvalue weighted by Gasteiger charge is -2.38. The molecule has 2 aromatic rings. The van der Waals surface area contributed by atoms with Crippen molar-refractivity contribution in [3.63, 3.8) is 0 Å². The summed E-state index contributed by atoms with van der Waals surface area (Å²) in [5.41, 5.74) is 2.20. The highest BCUT2D eigenvalue weighted by atomic mass is 16.6. The van der Waals surface area contributed by atoms with Gasteiger partial charge in [-0.25, -0.2) is 0 Å². The summed E-state index contributed by atoms with van der Waals surface area (Å²) in [5.74, 6) is 1.40. The zero-order chi connectivity index (χ0) is 18.1. The number of hydrogen-bond donors (Lipinski definition) is 2. The number of furan rings is 1. The smallest absolute Gasteiger partial charge is 0.287 e. The first-order valence-corrected chi connectivity index (χ1v) is 9.11. The van der Waals surface area contributed by atoms with Crippen LogP contribution in [-0.2, 0) is 6.42 Å². The number of carbonyl (C=O) groups is 1. The lowest BCUT2D eigenvalue weighted by Crippen LogP contribution is -2.41. The van der Waals surface area contributed by atoms with E-state index in [9.17, 15) is 9.90 Å². The fraction of sp³-hybridized carbons (Fsp3) is 0.450. The van der Waals surface area contributed by atoms with Gasteiger partial charge in [-0.05, 0) is 55.0 Å². The minimum Gasteiger partial charge on any atom is -0.493 e. The van der Waals surface area contributed by atoms with Crippen molar-refractivity contribution in [1.82, 2.24) is 5.32 Å². The monoisotopic (exact) mass is 357 g/mol. The largest absolute Gasteiger partial charge is 0.493 e. The van der Waals surface area contributed by atoms with Gasteiger partial charge in [0.05, 0.1) is 25.4 Å². The second kappa shape index (κ2) is 7.03. The lowest BCUT2D eigenvalue weighted by molar-refractivity contribution is 0.0232. The molecular weight excluding hydrogens is 334 g/mol. The number of fused-ring (bicyclic) bond motifs is 1. The molecule has 1 amide bonds. The van der Waals surface area contributed by atoms with Gasteiger partial charge in [0, 0.05) is 12.5 Å². The fourth-order valence-corrected chi connectivity index (χ4v) is 3.65. The molecule has 0 unspecified atom stereocenters. The zero-order valence-electron chi connectivity index (χ0n) is 14.7. The van der Waals surface area contributed by atoms with Crippen LogP contribution < -0.4 is 14.8 Å². The summed E-state index contributed by atoms with van der Waals surface area (Å²) >= 11 is 0. The molecule has 1 fully saturated rings. The maximum absolute atomic E-state index is 12.7. The van der Waals surface area contributed by atoms with Crippen LogP contribution in [0, 0.1) is 5.92 Å². The van der Waals surface area contributed by atoms with Crippen molar-refractivity contribution in [3.05, 3.63) is 47.2 Å². The molecule has 1 aromatic carbocycles. The summed E-state index contributed by atoms with van der Waals surface area (Å²) in [6.45, 7) is 3.04. The number of hydrogen-bond acceptors (Lipinski definition) is 5. The van der Waals surface area contributed by atoms with Crippen LogP contribution in [0.4, 0.5) is 0 Å². The van der Waals surface area contributed by atoms with E-state index >= 15 is 0 Å². The van der Waals surface area contributed by atoms with Crippen LogP contribution in [0.3, 0.4) is 0 Å². The maximum atomic E-state index is 12.7. The second-order valence-electron chi connectivity index (χ2n) is 6.85. The molecule has 2 heterocycles. The number of aliphatic hydroxyl groups excluding tert-OH is 1. The van der Waals surface area contributed by atoms with Crippen LogP contribution in [0.25, 0.3) is 0 Å². The molecule has 1 saturated carbocycles. The van der Waals surface area contributed by atoms with E-state index in [1.54, 1.807) is 12.1 Å². The predicted octanol–water partition coefficient (Wildman–Crippen LogP) is 2.86. The Balaban J connectivity index is 1.54. The van der Waals surface area contributed by atoms with Gasteiger partial charge in [0.1, 0.15) is 5.75 Å². The van der Waals surface area contributed by atoms with Gasteiger partial charge in [-0.15, -0.1) is 0 Å². The molecule has 1 atom stereocenters. The summed E-state index contributed by atoms with van der Waals surface area (Å²) in [6, 6.07) is 9.15. The molecule has 2 N–H and O–H groups in total. The van der Waals surface area contributed by atoms with Crippen LogP contribution in [-0.4, -0.2) is 30.3 Å². The van der Waals surface area contributed by atoms with Gasteiger partial charge in [-0.3, -0.25) is 4.79 Å². The summed E-state index contributed by atoms with van der Waals surface area (Å²) in [4.78, 5) is 12.7. The molecule has 6 heteroatoms. The van der Waals surface area contributed by atoms with Gasteiger partial charge in [-0.1, -0.05) is 6.07 Å². The van der Waals surface area contributed by atoms with Crippen molar-refractivity contribution >= 4 is 5.91 Å². The fourth-order valence-electron chi connectivity index (χ4n) is 3.65. The van der Waals surface area contributed by atoms with Gasteiger partial charge in [0.2, 0.25) is 0 Å². The molecule has 0 spiro atoms. The van der Waals surface area contributed by atoms with Crippen LogP contribution in [0.1, 0.15) is 47.5 Å². The van der Waals surface area contributed by atoms with E-state index in [0.29, 0.717) is 32.0 Å². The predicted molar refractivity (Wildman–Crippen MR) is 94.5 cm³/mol. The van der Waals surface area contributed by atoms with Gasteiger partial charge >= 0.3 is 0 Å². The topological polar surface area (TPSA) is 80.9 Å². The van der Waals surface area contributed by atoms with E-state index in [1.807, 2.05) is 19.1 Å². The van der Waals surface area contributed by atoms with Crippen molar-refractivity contribution in [2.45, 2.75) is 38.3 Å². The molecule has 138 valence electrons. The number of benzene rings is 1. The highest BCUT2D eigenvalue weighted by Gasteiger charge is 2.36. The van der Waals surface area contributed by atoms with Crippen molar-refractivity contribution in [3.8, 4) is 11.7 Å². The highest BCUT2D eigenvalue weighted by Crippen LogP contribution is 2.40. The van der Waals surface area contributed by atoms with E-state index in [2.05, 4.69) is 11.4 Å². The van der Waals surface area contributed by atoms with Crippen molar-refractivity contribution in [2.24, 2.45) is 5.92 Å².